The number of hydrogen-bond donors (Lipinski definition) is 2. The standard InChI is InChI=1S/C28H37F2NO3/c29-25-13-9-22(10-14-25)28(34,23-11-15-26(30)16-12-23)24-17-20-31(21-18-24)19-7-5-3-1-2-4-6-8-27(32)33/h9-16,24,34H,1-8,17-21H2,(H,32,33). The Morgan fingerprint density at radius 3 is 1.71 bits per heavy atom. The normalized spacial score (nSPS) is 15.5. The molecule has 0 bridgehead atoms. The zero-order valence-corrected chi connectivity index (χ0v) is 19.9. The monoisotopic (exact) mass is 473 g/mol. The van der Waals surface area contributed by atoms with E-state index in [0.717, 1.165) is 64.6 Å². The van der Waals surface area contributed by atoms with Gasteiger partial charge in [0.2, 0.25) is 0 Å². The molecule has 0 saturated carbocycles. The lowest BCUT2D eigenvalue weighted by atomic mass is 9.72. The van der Waals surface area contributed by atoms with Crippen molar-refractivity contribution in [2.75, 3.05) is 19.6 Å². The minimum Gasteiger partial charge on any atom is -0.481 e. The molecule has 0 aliphatic carbocycles. The van der Waals surface area contributed by atoms with Crippen LogP contribution in [0, 0.1) is 17.6 Å². The van der Waals surface area contributed by atoms with Crippen molar-refractivity contribution >= 4 is 5.97 Å². The van der Waals surface area contributed by atoms with Gasteiger partial charge in [-0.3, -0.25) is 4.79 Å². The minimum absolute atomic E-state index is 0.0366. The number of halogens is 2. The molecule has 0 atom stereocenters. The molecule has 0 radical (unpaired) electrons. The smallest absolute Gasteiger partial charge is 0.303 e. The van der Waals surface area contributed by atoms with Gasteiger partial charge in [0.1, 0.15) is 17.2 Å². The summed E-state index contributed by atoms with van der Waals surface area (Å²) < 4.78 is 27.1. The summed E-state index contributed by atoms with van der Waals surface area (Å²) in [4.78, 5) is 13.0. The first-order valence-corrected chi connectivity index (χ1v) is 12.6. The molecular weight excluding hydrogens is 436 g/mol. The predicted molar refractivity (Wildman–Crippen MR) is 130 cm³/mol. The largest absolute Gasteiger partial charge is 0.481 e. The molecule has 0 unspecified atom stereocenters. The number of likely N-dealkylation sites (tertiary alicyclic amines) is 1. The molecule has 1 heterocycles. The fourth-order valence-corrected chi connectivity index (χ4v) is 5.12. The van der Waals surface area contributed by atoms with Crippen LogP contribution in [0.2, 0.25) is 0 Å². The minimum atomic E-state index is -1.28. The van der Waals surface area contributed by atoms with Crippen LogP contribution in [-0.2, 0) is 10.4 Å². The van der Waals surface area contributed by atoms with Crippen LogP contribution in [0.25, 0.3) is 0 Å². The van der Waals surface area contributed by atoms with Gasteiger partial charge in [0, 0.05) is 6.42 Å². The van der Waals surface area contributed by atoms with Crippen LogP contribution in [0.3, 0.4) is 0 Å². The van der Waals surface area contributed by atoms with Crippen LogP contribution in [0.15, 0.2) is 48.5 Å². The quantitative estimate of drug-likeness (QED) is 0.344. The fraction of sp³-hybridized carbons (Fsp3) is 0.536. The second-order valence-electron chi connectivity index (χ2n) is 9.51. The van der Waals surface area contributed by atoms with E-state index in [0.29, 0.717) is 11.1 Å². The van der Waals surface area contributed by atoms with Crippen molar-refractivity contribution in [2.24, 2.45) is 5.92 Å². The third-order valence-corrected chi connectivity index (χ3v) is 7.11. The summed E-state index contributed by atoms with van der Waals surface area (Å²) in [7, 11) is 0. The highest BCUT2D eigenvalue weighted by Crippen LogP contribution is 2.42. The van der Waals surface area contributed by atoms with Crippen LogP contribution >= 0.6 is 0 Å². The summed E-state index contributed by atoms with van der Waals surface area (Å²) in [5, 5.41) is 20.6. The zero-order chi connectivity index (χ0) is 24.4. The van der Waals surface area contributed by atoms with Gasteiger partial charge in [-0.15, -0.1) is 0 Å². The van der Waals surface area contributed by atoms with Crippen molar-refractivity contribution in [3.8, 4) is 0 Å². The fourth-order valence-electron chi connectivity index (χ4n) is 5.12. The lowest BCUT2D eigenvalue weighted by molar-refractivity contribution is -0.137. The SMILES string of the molecule is O=C(O)CCCCCCCCCN1CCC(C(O)(c2ccc(F)cc2)c2ccc(F)cc2)CC1. The Hall–Kier alpha value is -2.31. The summed E-state index contributed by atoms with van der Waals surface area (Å²) in [5.41, 5.74) is -0.00154. The van der Waals surface area contributed by atoms with E-state index in [4.69, 9.17) is 5.11 Å². The number of aliphatic carboxylic acids is 1. The van der Waals surface area contributed by atoms with Crippen LogP contribution < -0.4 is 0 Å². The molecule has 1 saturated heterocycles. The molecule has 6 heteroatoms. The molecule has 1 aliphatic rings. The van der Waals surface area contributed by atoms with E-state index < -0.39 is 11.6 Å². The maximum Gasteiger partial charge on any atom is 0.303 e. The average Bonchev–Trinajstić information content (AvgIpc) is 2.83. The summed E-state index contributed by atoms with van der Waals surface area (Å²) >= 11 is 0. The molecule has 1 fully saturated rings. The zero-order valence-electron chi connectivity index (χ0n) is 19.9. The van der Waals surface area contributed by atoms with E-state index >= 15 is 0 Å². The van der Waals surface area contributed by atoms with Gasteiger partial charge in [-0.1, -0.05) is 56.4 Å². The molecule has 34 heavy (non-hydrogen) atoms. The number of carboxylic acids is 1. The summed E-state index contributed by atoms with van der Waals surface area (Å²) in [6, 6.07) is 12.0. The van der Waals surface area contributed by atoms with Gasteiger partial charge in [0.05, 0.1) is 0 Å². The lowest BCUT2D eigenvalue weighted by Crippen LogP contribution is -2.44. The van der Waals surface area contributed by atoms with Gasteiger partial charge < -0.3 is 15.1 Å². The third kappa shape index (κ3) is 7.34. The first-order valence-electron chi connectivity index (χ1n) is 12.6. The molecule has 0 aromatic heterocycles. The lowest BCUT2D eigenvalue weighted by Gasteiger charge is -2.42. The van der Waals surface area contributed by atoms with E-state index in [9.17, 15) is 18.7 Å². The Morgan fingerprint density at radius 2 is 1.24 bits per heavy atom. The summed E-state index contributed by atoms with van der Waals surface area (Å²) in [5.74, 6) is -1.44. The van der Waals surface area contributed by atoms with Gasteiger partial charge in [0.15, 0.2) is 0 Å². The molecule has 4 nitrogen and oxygen atoms in total. The van der Waals surface area contributed by atoms with Gasteiger partial charge in [-0.25, -0.2) is 8.78 Å². The number of rotatable bonds is 13. The topological polar surface area (TPSA) is 60.8 Å². The number of aliphatic hydroxyl groups is 1. The van der Waals surface area contributed by atoms with Gasteiger partial charge in [-0.2, -0.15) is 0 Å². The second kappa shape index (κ2) is 13.0. The Labute approximate surface area is 201 Å². The Balaban J connectivity index is 1.48. The van der Waals surface area contributed by atoms with Crippen molar-refractivity contribution in [1.82, 2.24) is 4.90 Å². The van der Waals surface area contributed by atoms with E-state index in [-0.39, 0.29) is 24.0 Å². The number of benzene rings is 2. The number of unbranched alkanes of at least 4 members (excludes halogenated alkanes) is 6. The molecule has 2 N–H and O–H groups in total. The van der Waals surface area contributed by atoms with Crippen LogP contribution in [0.1, 0.15) is 75.3 Å². The van der Waals surface area contributed by atoms with Gasteiger partial charge in [0.25, 0.3) is 0 Å². The van der Waals surface area contributed by atoms with Crippen molar-refractivity contribution in [3.05, 3.63) is 71.3 Å². The predicted octanol–water partition coefficient (Wildman–Crippen LogP) is 6.12. The molecule has 3 rings (SSSR count). The van der Waals surface area contributed by atoms with E-state index in [1.807, 2.05) is 0 Å². The summed E-state index contributed by atoms with van der Waals surface area (Å²) in [6.07, 6.45) is 9.41. The van der Waals surface area contributed by atoms with Crippen molar-refractivity contribution in [2.45, 2.75) is 69.8 Å². The summed E-state index contributed by atoms with van der Waals surface area (Å²) in [6.45, 7) is 2.83. The van der Waals surface area contributed by atoms with E-state index in [1.54, 1.807) is 24.3 Å². The van der Waals surface area contributed by atoms with E-state index in [2.05, 4.69) is 4.90 Å². The Bertz CT molecular complexity index is 832. The first kappa shape index (κ1) is 26.3. The third-order valence-electron chi connectivity index (χ3n) is 7.11. The van der Waals surface area contributed by atoms with Crippen molar-refractivity contribution in [3.63, 3.8) is 0 Å². The molecular formula is C28H37F2NO3. The highest BCUT2D eigenvalue weighted by atomic mass is 19.1. The molecule has 186 valence electrons. The highest BCUT2D eigenvalue weighted by Gasteiger charge is 2.41. The molecule has 1 aliphatic heterocycles. The second-order valence-corrected chi connectivity index (χ2v) is 9.51. The van der Waals surface area contributed by atoms with Crippen molar-refractivity contribution in [1.29, 1.82) is 0 Å². The molecule has 0 amide bonds. The molecule has 0 spiro atoms. The Morgan fingerprint density at radius 1 is 0.794 bits per heavy atom. The van der Waals surface area contributed by atoms with Crippen LogP contribution in [0.4, 0.5) is 8.78 Å². The van der Waals surface area contributed by atoms with E-state index in [1.165, 1.54) is 37.1 Å². The molecule has 2 aromatic rings. The van der Waals surface area contributed by atoms with Gasteiger partial charge >= 0.3 is 5.97 Å². The highest BCUT2D eigenvalue weighted by molar-refractivity contribution is 5.66. The van der Waals surface area contributed by atoms with Gasteiger partial charge in [-0.05, 0) is 86.6 Å². The first-order chi connectivity index (χ1) is 16.4. The maximum absolute atomic E-state index is 13.5. The van der Waals surface area contributed by atoms with Crippen molar-refractivity contribution < 1.29 is 23.8 Å². The Kier molecular flexibility index (Phi) is 10.0. The number of carbonyl (C=O) groups is 1. The average molecular weight is 474 g/mol. The number of carboxylic acid groups (broad SMARTS) is 1. The van der Waals surface area contributed by atoms with Crippen LogP contribution in [-0.4, -0.2) is 40.7 Å². The maximum atomic E-state index is 13.5. The number of nitrogens with zero attached hydrogens (tertiary/aromatic N) is 1. The van der Waals surface area contributed by atoms with Crippen LogP contribution in [0.5, 0.6) is 0 Å². The number of hydrogen-bond acceptors (Lipinski definition) is 3. The molecule has 2 aromatic carbocycles. The number of piperidine rings is 1.